The van der Waals surface area contributed by atoms with E-state index in [0.717, 1.165) is 16.5 Å². The lowest BCUT2D eigenvalue weighted by molar-refractivity contribution is -0.156. The fourth-order valence-electron chi connectivity index (χ4n) is 2.23. The van der Waals surface area contributed by atoms with Crippen molar-refractivity contribution in [3.63, 3.8) is 0 Å². The number of thioether (sulfide) groups is 1. The first kappa shape index (κ1) is 23.5. The van der Waals surface area contributed by atoms with Crippen LogP contribution in [0.25, 0.3) is 10.8 Å². The molecule has 9 nitrogen and oxygen atoms in total. The lowest BCUT2D eigenvalue weighted by Crippen LogP contribution is -2.27. The molecule has 3 aromatic rings. The molecule has 0 unspecified atom stereocenters. The van der Waals surface area contributed by atoms with Gasteiger partial charge in [0, 0.05) is 11.8 Å². The van der Waals surface area contributed by atoms with Crippen molar-refractivity contribution in [2.24, 2.45) is 0 Å². The third kappa shape index (κ3) is 7.51. The summed E-state index contributed by atoms with van der Waals surface area (Å²) < 4.78 is 25.6. The van der Waals surface area contributed by atoms with Crippen LogP contribution >= 0.6 is 39.0 Å². The Morgan fingerprint density at radius 2 is 2.10 bits per heavy atom. The van der Waals surface area contributed by atoms with Crippen LogP contribution in [0.1, 0.15) is 27.2 Å². The smallest absolute Gasteiger partial charge is 0.330 e. The van der Waals surface area contributed by atoms with E-state index in [4.69, 9.17) is 9.47 Å². The third-order valence-corrected chi connectivity index (χ3v) is 6.20. The van der Waals surface area contributed by atoms with Crippen molar-refractivity contribution in [2.45, 2.75) is 43.7 Å². The molecule has 1 aromatic carbocycles. The molecule has 0 N–H and O–H groups in total. The van der Waals surface area contributed by atoms with Gasteiger partial charge in [-0.1, -0.05) is 23.1 Å². The molecule has 0 aliphatic carbocycles. The minimum Gasteiger partial charge on any atom is -0.492 e. The molecule has 0 aliphatic heterocycles. The number of esters is 1. The largest absolute Gasteiger partial charge is 0.492 e. The molecule has 0 saturated carbocycles. The first-order valence-electron chi connectivity index (χ1n) is 9.24. The van der Waals surface area contributed by atoms with Crippen LogP contribution in [0, 0.1) is 5.82 Å². The number of hydrogen-bond donors (Lipinski definition) is 0. The molecular weight excluding hydrogens is 511 g/mol. The molecule has 31 heavy (non-hydrogen) atoms. The summed E-state index contributed by atoms with van der Waals surface area (Å²) in [5, 5.41) is 20.7. The van der Waals surface area contributed by atoms with Gasteiger partial charge in [-0.05, 0) is 60.5 Å². The standard InChI is InChI=1S/C18H20BrFN6O3S2/c1-18(2,3)29-14(27)10-26-24-15(21-25-26)16-22-23-17(31-16)30-8-4-7-28-13-9-11(20)5-6-12(13)19/h5-6,9H,4,7-8,10H2,1-3H3. The number of hydrogen-bond acceptors (Lipinski definition) is 10. The van der Waals surface area contributed by atoms with Gasteiger partial charge in [0.15, 0.2) is 15.9 Å². The fourth-order valence-corrected chi connectivity index (χ4v) is 4.35. The van der Waals surface area contributed by atoms with Crippen molar-refractivity contribution in [2.75, 3.05) is 12.4 Å². The van der Waals surface area contributed by atoms with E-state index < -0.39 is 11.6 Å². The fraction of sp³-hybridized carbons (Fsp3) is 0.444. The number of rotatable bonds is 9. The van der Waals surface area contributed by atoms with Crippen molar-refractivity contribution >= 4 is 45.0 Å². The Kier molecular flexibility index (Phi) is 7.94. The Bertz CT molecular complexity index is 1040. The third-order valence-electron chi connectivity index (χ3n) is 3.41. The van der Waals surface area contributed by atoms with Gasteiger partial charge in [-0.2, -0.15) is 4.80 Å². The first-order valence-corrected chi connectivity index (χ1v) is 11.8. The summed E-state index contributed by atoms with van der Waals surface area (Å²) in [6.45, 7) is 5.68. The number of ether oxygens (including phenoxy) is 2. The molecule has 2 aromatic heterocycles. The molecule has 0 atom stereocenters. The van der Waals surface area contributed by atoms with Crippen molar-refractivity contribution in [3.8, 4) is 16.6 Å². The highest BCUT2D eigenvalue weighted by molar-refractivity contribution is 9.10. The summed E-state index contributed by atoms with van der Waals surface area (Å²) >= 11 is 6.19. The summed E-state index contributed by atoms with van der Waals surface area (Å²) in [5.41, 5.74) is -0.579. The quantitative estimate of drug-likeness (QED) is 0.230. The van der Waals surface area contributed by atoms with E-state index in [0.29, 0.717) is 27.7 Å². The van der Waals surface area contributed by atoms with Gasteiger partial charge in [0.05, 0.1) is 11.1 Å². The monoisotopic (exact) mass is 530 g/mol. The van der Waals surface area contributed by atoms with Crippen LogP contribution in [0.15, 0.2) is 27.0 Å². The lowest BCUT2D eigenvalue weighted by Gasteiger charge is -2.18. The van der Waals surface area contributed by atoms with E-state index in [-0.39, 0.29) is 12.4 Å². The Hall–Kier alpha value is -2.12. The summed E-state index contributed by atoms with van der Waals surface area (Å²) in [5.74, 6) is 0.736. The van der Waals surface area contributed by atoms with E-state index >= 15 is 0 Å². The predicted molar refractivity (Wildman–Crippen MR) is 118 cm³/mol. The van der Waals surface area contributed by atoms with Crippen molar-refractivity contribution in [3.05, 3.63) is 28.5 Å². The molecule has 2 heterocycles. The Morgan fingerprint density at radius 3 is 2.87 bits per heavy atom. The highest BCUT2D eigenvalue weighted by atomic mass is 79.9. The van der Waals surface area contributed by atoms with E-state index in [1.165, 1.54) is 40.0 Å². The minimum absolute atomic E-state index is 0.133. The number of carbonyl (C=O) groups excluding carboxylic acids is 1. The average Bonchev–Trinajstić information content (AvgIpc) is 3.32. The van der Waals surface area contributed by atoms with Crippen LogP contribution in [0.2, 0.25) is 0 Å². The van der Waals surface area contributed by atoms with E-state index in [2.05, 4.69) is 41.5 Å². The zero-order valence-electron chi connectivity index (χ0n) is 17.0. The molecule has 3 rings (SSSR count). The van der Waals surface area contributed by atoms with E-state index in [1.807, 2.05) is 0 Å². The van der Waals surface area contributed by atoms with Crippen LogP contribution in [0.4, 0.5) is 4.39 Å². The molecule has 0 aliphatic rings. The van der Waals surface area contributed by atoms with Gasteiger partial charge in [-0.15, -0.1) is 20.4 Å². The molecule has 0 spiro atoms. The number of aromatic nitrogens is 6. The van der Waals surface area contributed by atoms with Gasteiger partial charge in [0.1, 0.15) is 17.2 Å². The molecule has 166 valence electrons. The molecular formula is C18H20BrFN6O3S2. The number of benzene rings is 1. The van der Waals surface area contributed by atoms with Gasteiger partial charge in [-0.3, -0.25) is 0 Å². The number of nitrogens with zero attached hydrogens (tertiary/aromatic N) is 6. The van der Waals surface area contributed by atoms with Gasteiger partial charge in [0.2, 0.25) is 5.82 Å². The van der Waals surface area contributed by atoms with Crippen LogP contribution in [0.5, 0.6) is 5.75 Å². The Labute approximate surface area is 194 Å². The maximum Gasteiger partial charge on any atom is 0.330 e. The van der Waals surface area contributed by atoms with Crippen LogP contribution < -0.4 is 4.74 Å². The van der Waals surface area contributed by atoms with Gasteiger partial charge >= 0.3 is 5.97 Å². The van der Waals surface area contributed by atoms with Gasteiger partial charge in [-0.25, -0.2) is 9.18 Å². The normalized spacial score (nSPS) is 11.5. The minimum atomic E-state index is -0.579. The van der Waals surface area contributed by atoms with Crippen molar-refractivity contribution in [1.82, 2.24) is 30.4 Å². The van der Waals surface area contributed by atoms with E-state index in [1.54, 1.807) is 26.8 Å². The van der Waals surface area contributed by atoms with Crippen molar-refractivity contribution in [1.29, 1.82) is 0 Å². The number of tetrazole rings is 1. The summed E-state index contributed by atoms with van der Waals surface area (Å²) in [7, 11) is 0. The maximum absolute atomic E-state index is 13.3. The van der Waals surface area contributed by atoms with Gasteiger partial charge < -0.3 is 9.47 Å². The topological polar surface area (TPSA) is 105 Å². The predicted octanol–water partition coefficient (Wildman–Crippen LogP) is 4.00. The SMILES string of the molecule is CC(C)(C)OC(=O)Cn1nnc(-c2nnc(SCCCOc3cc(F)ccc3Br)s2)n1. The molecule has 0 radical (unpaired) electrons. The summed E-state index contributed by atoms with van der Waals surface area (Å²) in [6, 6.07) is 4.32. The second-order valence-corrected chi connectivity index (χ2v) is 10.4. The average molecular weight is 531 g/mol. The molecule has 0 fully saturated rings. The highest BCUT2D eigenvalue weighted by Gasteiger charge is 2.19. The zero-order valence-corrected chi connectivity index (χ0v) is 20.3. The number of halogens is 2. The Morgan fingerprint density at radius 1 is 1.29 bits per heavy atom. The van der Waals surface area contributed by atoms with Crippen LogP contribution in [-0.4, -0.2) is 54.3 Å². The maximum atomic E-state index is 13.3. The molecule has 0 amide bonds. The Balaban J connectivity index is 1.44. The highest BCUT2D eigenvalue weighted by Crippen LogP contribution is 2.28. The van der Waals surface area contributed by atoms with Gasteiger partial charge in [0.25, 0.3) is 0 Å². The summed E-state index contributed by atoms with van der Waals surface area (Å²) in [4.78, 5) is 13.0. The van der Waals surface area contributed by atoms with Crippen LogP contribution in [0.3, 0.4) is 0 Å². The lowest BCUT2D eigenvalue weighted by atomic mass is 10.2. The second-order valence-electron chi connectivity index (χ2n) is 7.23. The van der Waals surface area contributed by atoms with E-state index in [9.17, 15) is 9.18 Å². The number of carbonyl (C=O) groups is 1. The zero-order chi connectivity index (χ0) is 22.4. The molecule has 0 bridgehead atoms. The molecule has 13 heteroatoms. The summed E-state index contributed by atoms with van der Waals surface area (Å²) in [6.07, 6.45) is 0.743. The first-order chi connectivity index (χ1) is 14.7. The second kappa shape index (κ2) is 10.5. The van der Waals surface area contributed by atoms with Crippen molar-refractivity contribution < 1.29 is 18.7 Å². The molecule has 0 saturated heterocycles. The van der Waals surface area contributed by atoms with Crippen LogP contribution in [-0.2, 0) is 16.1 Å².